The van der Waals surface area contributed by atoms with Crippen molar-refractivity contribution in [3.63, 3.8) is 0 Å². The van der Waals surface area contributed by atoms with Crippen molar-refractivity contribution in [3.8, 4) is 0 Å². The van der Waals surface area contributed by atoms with Crippen LogP contribution >= 0.6 is 0 Å². The molecule has 2 aliphatic rings. The molecule has 21 heavy (non-hydrogen) atoms. The Kier molecular flexibility index (Phi) is 3.69. The van der Waals surface area contributed by atoms with Crippen LogP contribution in [0.15, 0.2) is 18.2 Å². The summed E-state index contributed by atoms with van der Waals surface area (Å²) in [6, 6.07) is 3.88. The average Bonchev–Trinajstić information content (AvgIpc) is 3.15. The van der Waals surface area contributed by atoms with E-state index in [1.807, 2.05) is 0 Å². The Morgan fingerprint density at radius 3 is 2.62 bits per heavy atom. The third kappa shape index (κ3) is 2.79. The van der Waals surface area contributed by atoms with Crippen LogP contribution in [-0.2, 0) is 4.79 Å². The van der Waals surface area contributed by atoms with Gasteiger partial charge in [0.2, 0.25) is 5.91 Å². The monoisotopic (exact) mass is 294 g/mol. The Hall–Kier alpha value is -1.49. The Bertz CT molecular complexity index is 555. The van der Waals surface area contributed by atoms with Gasteiger partial charge in [-0.3, -0.25) is 4.79 Å². The highest BCUT2D eigenvalue weighted by Crippen LogP contribution is 2.48. The predicted octanol–water partition coefficient (Wildman–Crippen LogP) is 2.46. The van der Waals surface area contributed by atoms with Crippen LogP contribution in [0.25, 0.3) is 0 Å². The van der Waals surface area contributed by atoms with Crippen LogP contribution < -0.4 is 11.1 Å². The quantitative estimate of drug-likeness (QED) is 0.896. The van der Waals surface area contributed by atoms with Gasteiger partial charge in [-0.2, -0.15) is 0 Å². The maximum absolute atomic E-state index is 13.2. The molecule has 0 saturated heterocycles. The van der Waals surface area contributed by atoms with E-state index in [1.54, 1.807) is 6.07 Å². The third-order valence-electron chi connectivity index (χ3n) is 4.84. The molecule has 2 fully saturated rings. The molecular weight excluding hydrogens is 274 g/mol. The zero-order valence-electron chi connectivity index (χ0n) is 11.9. The molecule has 2 atom stereocenters. The second-order valence-electron chi connectivity index (χ2n) is 6.30. The first-order chi connectivity index (χ1) is 10.0. The second kappa shape index (κ2) is 5.37. The molecule has 3 nitrogen and oxygen atoms in total. The molecule has 114 valence electrons. The SMILES string of the molecule is NCC1(NC(=O)[C@H]2C[C@H]2c2ccc(F)c(F)c2)CCCC1. The summed E-state index contributed by atoms with van der Waals surface area (Å²) in [5.41, 5.74) is 6.26. The fraction of sp³-hybridized carbons (Fsp3) is 0.562. The Labute approximate surface area is 122 Å². The van der Waals surface area contributed by atoms with Gasteiger partial charge in [-0.05, 0) is 42.9 Å². The Balaban J connectivity index is 1.64. The van der Waals surface area contributed by atoms with E-state index in [0.29, 0.717) is 18.5 Å². The molecule has 0 bridgehead atoms. The van der Waals surface area contributed by atoms with Crippen molar-refractivity contribution in [2.24, 2.45) is 11.7 Å². The number of hydrogen-bond acceptors (Lipinski definition) is 2. The molecule has 1 aromatic carbocycles. The van der Waals surface area contributed by atoms with Crippen LogP contribution in [0, 0.1) is 17.6 Å². The Morgan fingerprint density at radius 1 is 1.29 bits per heavy atom. The van der Waals surface area contributed by atoms with Crippen molar-refractivity contribution >= 4 is 5.91 Å². The maximum Gasteiger partial charge on any atom is 0.224 e. The highest BCUT2D eigenvalue weighted by atomic mass is 19.2. The molecule has 0 heterocycles. The molecule has 0 aliphatic heterocycles. The largest absolute Gasteiger partial charge is 0.349 e. The summed E-state index contributed by atoms with van der Waals surface area (Å²) in [7, 11) is 0. The van der Waals surface area contributed by atoms with Crippen molar-refractivity contribution in [1.29, 1.82) is 0 Å². The summed E-state index contributed by atoms with van der Waals surface area (Å²) in [6.45, 7) is 0.460. The number of amides is 1. The van der Waals surface area contributed by atoms with Crippen LogP contribution in [0.3, 0.4) is 0 Å². The number of carbonyl (C=O) groups excluding carboxylic acids is 1. The number of nitrogens with two attached hydrogens (primary N) is 1. The van der Waals surface area contributed by atoms with E-state index in [2.05, 4.69) is 5.32 Å². The predicted molar refractivity (Wildman–Crippen MR) is 75.6 cm³/mol. The van der Waals surface area contributed by atoms with E-state index in [9.17, 15) is 13.6 Å². The molecule has 0 unspecified atom stereocenters. The van der Waals surface area contributed by atoms with E-state index in [1.165, 1.54) is 6.07 Å². The lowest BCUT2D eigenvalue weighted by Gasteiger charge is -2.28. The zero-order chi connectivity index (χ0) is 15.0. The summed E-state index contributed by atoms with van der Waals surface area (Å²) < 4.78 is 26.2. The summed E-state index contributed by atoms with van der Waals surface area (Å²) in [5.74, 6) is -1.85. The van der Waals surface area contributed by atoms with Gasteiger partial charge in [-0.1, -0.05) is 18.9 Å². The van der Waals surface area contributed by atoms with Gasteiger partial charge in [-0.25, -0.2) is 8.78 Å². The first-order valence-corrected chi connectivity index (χ1v) is 7.52. The summed E-state index contributed by atoms with van der Waals surface area (Å²) in [5, 5.41) is 3.10. The van der Waals surface area contributed by atoms with Gasteiger partial charge in [-0.15, -0.1) is 0 Å². The van der Waals surface area contributed by atoms with Crippen LogP contribution in [-0.4, -0.2) is 18.0 Å². The van der Waals surface area contributed by atoms with Crippen molar-refractivity contribution in [2.75, 3.05) is 6.54 Å². The minimum absolute atomic E-state index is 0.00270. The molecular formula is C16H20F2N2O. The Morgan fingerprint density at radius 2 is 2.00 bits per heavy atom. The molecule has 3 rings (SSSR count). The molecule has 0 spiro atoms. The van der Waals surface area contributed by atoms with Crippen LogP contribution in [0.4, 0.5) is 8.78 Å². The van der Waals surface area contributed by atoms with Crippen molar-refractivity contribution in [1.82, 2.24) is 5.32 Å². The van der Waals surface area contributed by atoms with E-state index in [0.717, 1.165) is 31.7 Å². The fourth-order valence-electron chi connectivity index (χ4n) is 3.38. The highest BCUT2D eigenvalue weighted by Gasteiger charge is 2.46. The molecule has 0 aromatic heterocycles. The first-order valence-electron chi connectivity index (χ1n) is 7.52. The minimum atomic E-state index is -0.854. The number of carbonyl (C=O) groups is 1. The van der Waals surface area contributed by atoms with E-state index in [-0.39, 0.29) is 23.3 Å². The normalized spacial score (nSPS) is 26.6. The standard InChI is InChI=1S/C16H20F2N2O/c17-13-4-3-10(7-14(13)18)11-8-12(11)15(21)20-16(9-19)5-1-2-6-16/h3-4,7,11-12H,1-2,5-6,8-9,19H2,(H,20,21)/t11-,12-/m0/s1. The smallest absolute Gasteiger partial charge is 0.224 e. The van der Waals surface area contributed by atoms with E-state index >= 15 is 0 Å². The van der Waals surface area contributed by atoms with E-state index in [4.69, 9.17) is 5.73 Å². The average molecular weight is 294 g/mol. The number of nitrogens with one attached hydrogen (secondary N) is 1. The molecule has 2 aliphatic carbocycles. The molecule has 1 aromatic rings. The molecule has 0 radical (unpaired) electrons. The molecule has 3 N–H and O–H groups in total. The van der Waals surface area contributed by atoms with Crippen molar-refractivity contribution < 1.29 is 13.6 Å². The molecule has 5 heteroatoms. The van der Waals surface area contributed by atoms with Gasteiger partial charge < -0.3 is 11.1 Å². The number of halogens is 2. The topological polar surface area (TPSA) is 55.1 Å². The zero-order valence-corrected chi connectivity index (χ0v) is 11.9. The third-order valence-corrected chi connectivity index (χ3v) is 4.84. The van der Waals surface area contributed by atoms with Gasteiger partial charge in [0, 0.05) is 12.5 Å². The van der Waals surface area contributed by atoms with Crippen molar-refractivity contribution in [3.05, 3.63) is 35.4 Å². The lowest BCUT2D eigenvalue weighted by atomic mass is 9.97. The van der Waals surface area contributed by atoms with Gasteiger partial charge in [0.1, 0.15) is 0 Å². The maximum atomic E-state index is 13.2. The number of benzene rings is 1. The molecule has 2 saturated carbocycles. The lowest BCUT2D eigenvalue weighted by molar-refractivity contribution is -0.124. The van der Waals surface area contributed by atoms with Gasteiger partial charge in [0.05, 0.1) is 5.54 Å². The van der Waals surface area contributed by atoms with Gasteiger partial charge in [0.25, 0.3) is 0 Å². The lowest BCUT2D eigenvalue weighted by Crippen LogP contribution is -2.52. The van der Waals surface area contributed by atoms with E-state index < -0.39 is 11.6 Å². The summed E-state index contributed by atoms with van der Waals surface area (Å²) in [6.07, 6.45) is 4.73. The minimum Gasteiger partial charge on any atom is -0.349 e. The number of hydrogen-bond donors (Lipinski definition) is 2. The fourth-order valence-corrected chi connectivity index (χ4v) is 3.38. The van der Waals surface area contributed by atoms with Crippen molar-refractivity contribution in [2.45, 2.75) is 43.6 Å². The summed E-state index contributed by atoms with van der Waals surface area (Å²) >= 11 is 0. The van der Waals surface area contributed by atoms with Gasteiger partial charge in [0.15, 0.2) is 11.6 Å². The van der Waals surface area contributed by atoms with Crippen LogP contribution in [0.1, 0.15) is 43.6 Å². The first kappa shape index (κ1) is 14.4. The van der Waals surface area contributed by atoms with Crippen LogP contribution in [0.2, 0.25) is 0 Å². The molecule has 1 amide bonds. The van der Waals surface area contributed by atoms with Gasteiger partial charge >= 0.3 is 0 Å². The number of rotatable bonds is 4. The highest BCUT2D eigenvalue weighted by molar-refractivity contribution is 5.83. The van der Waals surface area contributed by atoms with Crippen LogP contribution in [0.5, 0.6) is 0 Å². The second-order valence-corrected chi connectivity index (χ2v) is 6.30. The summed E-state index contributed by atoms with van der Waals surface area (Å²) in [4.78, 5) is 12.3.